The second kappa shape index (κ2) is 8.88. The molecule has 0 aliphatic carbocycles. The summed E-state index contributed by atoms with van der Waals surface area (Å²) in [7, 11) is -0.543. The van der Waals surface area contributed by atoms with Gasteiger partial charge in [-0.25, -0.2) is 8.42 Å². The van der Waals surface area contributed by atoms with Crippen LogP contribution in [-0.4, -0.2) is 45.8 Å². The summed E-state index contributed by atoms with van der Waals surface area (Å²) in [6.07, 6.45) is -2.18. The molecule has 1 aliphatic heterocycles. The molecule has 1 fully saturated rings. The van der Waals surface area contributed by atoms with E-state index in [1.165, 1.54) is 45.6 Å². The molecule has 10 heteroatoms. The van der Waals surface area contributed by atoms with Crippen molar-refractivity contribution in [2.45, 2.75) is 30.3 Å². The number of hydrogen-bond donors (Lipinski definition) is 1. The van der Waals surface area contributed by atoms with Crippen molar-refractivity contribution in [2.75, 3.05) is 37.4 Å². The van der Waals surface area contributed by atoms with Crippen LogP contribution in [-0.2, 0) is 16.2 Å². The molecule has 1 aliphatic rings. The van der Waals surface area contributed by atoms with Crippen LogP contribution in [0.15, 0.2) is 47.4 Å². The number of halogens is 3. The van der Waals surface area contributed by atoms with Gasteiger partial charge in [0, 0.05) is 38.4 Å². The van der Waals surface area contributed by atoms with E-state index in [2.05, 4.69) is 5.32 Å². The molecule has 0 radical (unpaired) electrons. The number of hydrogen-bond acceptors (Lipinski definition) is 4. The Bertz CT molecular complexity index is 1060. The van der Waals surface area contributed by atoms with Crippen molar-refractivity contribution in [2.24, 2.45) is 0 Å². The van der Waals surface area contributed by atoms with Crippen LogP contribution >= 0.6 is 0 Å². The zero-order valence-electron chi connectivity index (χ0n) is 17.2. The number of nitrogens with one attached hydrogen (secondary N) is 1. The number of piperidine rings is 1. The number of sulfonamides is 1. The minimum absolute atomic E-state index is 0.0390. The van der Waals surface area contributed by atoms with Crippen LogP contribution in [0.1, 0.15) is 35.2 Å². The Morgan fingerprint density at radius 2 is 1.71 bits per heavy atom. The van der Waals surface area contributed by atoms with Crippen molar-refractivity contribution in [3.05, 3.63) is 53.6 Å². The average molecular weight is 456 g/mol. The van der Waals surface area contributed by atoms with E-state index in [0.29, 0.717) is 18.8 Å². The van der Waals surface area contributed by atoms with Crippen LogP contribution < -0.4 is 10.2 Å². The van der Waals surface area contributed by atoms with E-state index < -0.39 is 33.4 Å². The van der Waals surface area contributed by atoms with Crippen LogP contribution in [0.25, 0.3) is 0 Å². The zero-order chi connectivity index (χ0) is 22.8. The monoisotopic (exact) mass is 455 g/mol. The predicted molar refractivity (Wildman–Crippen MR) is 113 cm³/mol. The van der Waals surface area contributed by atoms with Gasteiger partial charge in [-0.2, -0.15) is 17.5 Å². The molecule has 0 unspecified atom stereocenters. The lowest BCUT2D eigenvalue weighted by atomic mass is 10.1. The third kappa shape index (κ3) is 5.19. The van der Waals surface area contributed by atoms with Gasteiger partial charge >= 0.3 is 6.18 Å². The summed E-state index contributed by atoms with van der Waals surface area (Å²) in [5, 5.41) is 2.27. The second-order valence-electron chi connectivity index (χ2n) is 7.57. The van der Waals surface area contributed by atoms with Gasteiger partial charge in [-0.15, -0.1) is 0 Å². The van der Waals surface area contributed by atoms with E-state index in [-0.39, 0.29) is 10.5 Å². The average Bonchev–Trinajstić information content (AvgIpc) is 2.73. The highest BCUT2D eigenvalue weighted by molar-refractivity contribution is 7.89. The molecule has 1 heterocycles. The fourth-order valence-electron chi connectivity index (χ4n) is 3.40. The molecule has 1 saturated heterocycles. The first-order chi connectivity index (χ1) is 14.5. The van der Waals surface area contributed by atoms with Gasteiger partial charge in [0.25, 0.3) is 5.91 Å². The van der Waals surface area contributed by atoms with E-state index in [1.54, 1.807) is 14.1 Å². The van der Waals surface area contributed by atoms with Crippen LogP contribution in [0.4, 0.5) is 24.5 Å². The maximum atomic E-state index is 13.5. The Balaban J connectivity index is 1.89. The van der Waals surface area contributed by atoms with Gasteiger partial charge in [-0.1, -0.05) is 12.5 Å². The quantitative estimate of drug-likeness (QED) is 0.734. The molecular weight excluding hydrogens is 431 g/mol. The van der Waals surface area contributed by atoms with Gasteiger partial charge < -0.3 is 10.2 Å². The normalized spacial score (nSPS) is 15.5. The maximum absolute atomic E-state index is 13.5. The lowest BCUT2D eigenvalue weighted by Gasteiger charge is -2.26. The Morgan fingerprint density at radius 3 is 2.32 bits per heavy atom. The number of alkyl halides is 3. The van der Waals surface area contributed by atoms with E-state index >= 15 is 0 Å². The Kier molecular flexibility index (Phi) is 6.61. The highest BCUT2D eigenvalue weighted by atomic mass is 32.2. The number of amides is 1. The molecule has 0 saturated carbocycles. The zero-order valence-corrected chi connectivity index (χ0v) is 18.1. The number of carbonyl (C=O) groups excluding carboxylic acids is 1. The number of nitrogens with zero attached hydrogens (tertiary/aromatic N) is 2. The number of carbonyl (C=O) groups is 1. The summed E-state index contributed by atoms with van der Waals surface area (Å²) < 4.78 is 67.6. The third-order valence-corrected chi connectivity index (χ3v) is 7.02. The molecule has 2 aromatic carbocycles. The van der Waals surface area contributed by atoms with Crippen molar-refractivity contribution < 1.29 is 26.4 Å². The van der Waals surface area contributed by atoms with E-state index in [4.69, 9.17) is 0 Å². The van der Waals surface area contributed by atoms with Gasteiger partial charge in [-0.3, -0.25) is 4.79 Å². The minimum atomic E-state index is -4.67. The maximum Gasteiger partial charge on any atom is 0.418 e. The Morgan fingerprint density at radius 1 is 1.03 bits per heavy atom. The van der Waals surface area contributed by atoms with Gasteiger partial charge in [0.2, 0.25) is 10.0 Å². The highest BCUT2D eigenvalue weighted by Gasteiger charge is 2.34. The first kappa shape index (κ1) is 23.1. The summed E-state index contributed by atoms with van der Waals surface area (Å²) in [4.78, 5) is 14.1. The van der Waals surface area contributed by atoms with Crippen LogP contribution in [0, 0.1) is 0 Å². The summed E-state index contributed by atoms with van der Waals surface area (Å²) >= 11 is 0. The lowest BCUT2D eigenvalue weighted by molar-refractivity contribution is -0.136. The first-order valence-electron chi connectivity index (χ1n) is 9.80. The third-order valence-electron chi connectivity index (χ3n) is 5.12. The van der Waals surface area contributed by atoms with E-state index in [9.17, 15) is 26.4 Å². The highest BCUT2D eigenvalue weighted by Crippen LogP contribution is 2.37. The number of benzene rings is 2. The molecule has 168 valence electrons. The lowest BCUT2D eigenvalue weighted by Crippen LogP contribution is -2.35. The summed E-state index contributed by atoms with van der Waals surface area (Å²) in [6.45, 7) is 0.817. The molecular formula is C21H24F3N3O3S. The smallest absolute Gasteiger partial charge is 0.378 e. The largest absolute Gasteiger partial charge is 0.418 e. The molecule has 1 N–H and O–H groups in total. The van der Waals surface area contributed by atoms with E-state index in [0.717, 1.165) is 25.3 Å². The molecule has 6 nitrogen and oxygen atoms in total. The van der Waals surface area contributed by atoms with Crippen molar-refractivity contribution in [3.8, 4) is 0 Å². The fourth-order valence-corrected chi connectivity index (χ4v) is 4.96. The Labute approximate surface area is 179 Å². The fraction of sp³-hybridized carbons (Fsp3) is 0.381. The molecule has 2 aromatic rings. The van der Waals surface area contributed by atoms with Crippen molar-refractivity contribution in [3.63, 3.8) is 0 Å². The predicted octanol–water partition coefficient (Wildman–Crippen LogP) is 4.20. The Hall–Kier alpha value is -2.59. The van der Waals surface area contributed by atoms with Crippen LogP contribution in [0.5, 0.6) is 0 Å². The van der Waals surface area contributed by atoms with Gasteiger partial charge in [0.1, 0.15) is 0 Å². The second-order valence-corrected chi connectivity index (χ2v) is 9.51. The molecule has 0 bridgehead atoms. The summed E-state index contributed by atoms with van der Waals surface area (Å²) in [6, 6.07) is 8.95. The first-order valence-corrected chi connectivity index (χ1v) is 11.2. The number of anilines is 2. The number of rotatable bonds is 5. The molecule has 1 amide bonds. The summed E-state index contributed by atoms with van der Waals surface area (Å²) in [5.74, 6) is -0.821. The van der Waals surface area contributed by atoms with Crippen LogP contribution in [0.2, 0.25) is 0 Å². The van der Waals surface area contributed by atoms with Gasteiger partial charge in [-0.05, 0) is 49.2 Å². The van der Waals surface area contributed by atoms with Gasteiger partial charge in [0.05, 0.1) is 16.1 Å². The topological polar surface area (TPSA) is 69.7 Å². The summed E-state index contributed by atoms with van der Waals surface area (Å²) in [5.41, 5.74) is -1.08. The van der Waals surface area contributed by atoms with E-state index in [1.807, 2.05) is 0 Å². The molecule has 3 rings (SSSR count). The van der Waals surface area contributed by atoms with Crippen molar-refractivity contribution in [1.29, 1.82) is 0 Å². The molecule has 31 heavy (non-hydrogen) atoms. The SMILES string of the molecule is CN(C)c1ccc(NC(=O)c2cccc(S(=O)(=O)N3CCCCC3)c2)c(C(F)(F)F)c1. The standard InChI is InChI=1S/C21H24F3N3O3S/c1-26(2)16-9-10-19(18(14-16)21(22,23)24)25-20(28)15-7-6-8-17(13-15)31(29,30)27-11-4-3-5-12-27/h6-10,13-14H,3-5,11-12H2,1-2H3,(H,25,28). The van der Waals surface area contributed by atoms with Crippen molar-refractivity contribution in [1.82, 2.24) is 4.31 Å². The van der Waals surface area contributed by atoms with Crippen molar-refractivity contribution >= 4 is 27.3 Å². The van der Waals surface area contributed by atoms with Gasteiger partial charge in [0.15, 0.2) is 0 Å². The minimum Gasteiger partial charge on any atom is -0.378 e. The molecule has 0 spiro atoms. The molecule has 0 aromatic heterocycles. The molecule has 0 atom stereocenters. The van der Waals surface area contributed by atoms with Crippen LogP contribution in [0.3, 0.4) is 0 Å².